The number of ketones is 1. The van der Waals surface area contributed by atoms with Crippen molar-refractivity contribution in [2.45, 2.75) is 13.8 Å². The minimum absolute atomic E-state index is 0.108. The van der Waals surface area contributed by atoms with Gasteiger partial charge in [0.2, 0.25) is 0 Å². The minimum Gasteiger partial charge on any atom is -0.390 e. The van der Waals surface area contributed by atoms with Crippen LogP contribution in [0.2, 0.25) is 0 Å². The lowest BCUT2D eigenvalue weighted by Crippen LogP contribution is -2.06. The van der Waals surface area contributed by atoms with Crippen molar-refractivity contribution in [3.63, 3.8) is 0 Å². The summed E-state index contributed by atoms with van der Waals surface area (Å²) < 4.78 is 0. The Morgan fingerprint density at radius 3 is 2.00 bits per heavy atom. The molecule has 0 amide bonds. The maximum atomic E-state index is 10.5. The number of nitrogens with one attached hydrogen (secondary N) is 1. The molecule has 0 saturated carbocycles. The third-order valence-corrected chi connectivity index (χ3v) is 1.56. The van der Waals surface area contributed by atoms with E-state index < -0.39 is 0 Å². The molecule has 0 aromatic carbocycles. The zero-order valence-corrected chi connectivity index (χ0v) is 6.54. The van der Waals surface area contributed by atoms with E-state index >= 15 is 0 Å². The van der Waals surface area contributed by atoms with Crippen LogP contribution in [0.25, 0.3) is 0 Å². The second kappa shape index (κ2) is 3.51. The summed E-state index contributed by atoms with van der Waals surface area (Å²) in [6.45, 7) is 3.19. The Kier molecular flexibility index (Phi) is 3.32. The SMILES string of the molecule is CN/C(C)=C(/Cl)C(C)=O. The van der Waals surface area contributed by atoms with E-state index in [0.717, 1.165) is 0 Å². The minimum atomic E-state index is -0.108. The van der Waals surface area contributed by atoms with Crippen molar-refractivity contribution in [1.82, 2.24) is 5.32 Å². The van der Waals surface area contributed by atoms with E-state index in [1.165, 1.54) is 6.92 Å². The molecule has 1 N–H and O–H groups in total. The van der Waals surface area contributed by atoms with E-state index in [-0.39, 0.29) is 10.8 Å². The molecule has 0 aromatic rings. The molecule has 0 aliphatic rings. The van der Waals surface area contributed by atoms with E-state index in [1.54, 1.807) is 14.0 Å². The summed E-state index contributed by atoms with van der Waals surface area (Å²) in [5.41, 5.74) is 0.712. The second-order valence-corrected chi connectivity index (χ2v) is 2.12. The first-order valence-electron chi connectivity index (χ1n) is 2.64. The van der Waals surface area contributed by atoms with Gasteiger partial charge in [0, 0.05) is 19.7 Å². The summed E-state index contributed by atoms with van der Waals surface area (Å²) in [4.78, 5) is 10.5. The lowest BCUT2D eigenvalue weighted by atomic mass is 10.3. The lowest BCUT2D eigenvalue weighted by molar-refractivity contribution is -0.113. The Labute approximate surface area is 59.9 Å². The van der Waals surface area contributed by atoms with Crippen LogP contribution in [0.4, 0.5) is 0 Å². The highest BCUT2D eigenvalue weighted by atomic mass is 35.5. The van der Waals surface area contributed by atoms with Crippen LogP contribution in [-0.4, -0.2) is 12.8 Å². The Morgan fingerprint density at radius 1 is 1.44 bits per heavy atom. The van der Waals surface area contributed by atoms with E-state index in [1.807, 2.05) is 0 Å². The van der Waals surface area contributed by atoms with Crippen LogP contribution in [0.5, 0.6) is 0 Å². The first kappa shape index (κ1) is 8.50. The number of hydrogen-bond acceptors (Lipinski definition) is 2. The van der Waals surface area contributed by atoms with Crippen molar-refractivity contribution < 1.29 is 4.79 Å². The first-order valence-corrected chi connectivity index (χ1v) is 3.02. The molecule has 0 atom stereocenters. The summed E-state index contributed by atoms with van der Waals surface area (Å²) >= 11 is 5.53. The van der Waals surface area contributed by atoms with Gasteiger partial charge in [0.1, 0.15) is 5.03 Å². The number of hydrogen-bond donors (Lipinski definition) is 1. The molecule has 0 radical (unpaired) electrons. The smallest absolute Gasteiger partial charge is 0.172 e. The topological polar surface area (TPSA) is 29.1 Å². The first-order chi connectivity index (χ1) is 4.09. The second-order valence-electron chi connectivity index (χ2n) is 1.75. The largest absolute Gasteiger partial charge is 0.390 e. The van der Waals surface area contributed by atoms with Crippen molar-refractivity contribution in [3.05, 3.63) is 10.7 Å². The normalized spacial score (nSPS) is 12.4. The standard InChI is InChI=1S/C6H10ClNO/c1-4(8-3)6(7)5(2)9/h8H,1-3H3/b6-4+. The van der Waals surface area contributed by atoms with Gasteiger partial charge in [-0.25, -0.2) is 0 Å². The fraction of sp³-hybridized carbons (Fsp3) is 0.500. The Balaban J connectivity index is 4.28. The quantitative estimate of drug-likeness (QED) is 0.596. The summed E-state index contributed by atoms with van der Waals surface area (Å²) in [5.74, 6) is -0.108. The van der Waals surface area contributed by atoms with E-state index in [9.17, 15) is 4.79 Å². The molecule has 0 unspecified atom stereocenters. The fourth-order valence-electron chi connectivity index (χ4n) is 0.374. The molecule has 3 heteroatoms. The summed E-state index contributed by atoms with van der Waals surface area (Å²) in [7, 11) is 1.72. The van der Waals surface area contributed by atoms with Gasteiger partial charge < -0.3 is 5.32 Å². The molecule has 0 aromatic heterocycles. The average Bonchev–Trinajstić information content (AvgIpc) is 1.84. The van der Waals surface area contributed by atoms with Gasteiger partial charge in [-0.1, -0.05) is 11.6 Å². The van der Waals surface area contributed by atoms with Gasteiger partial charge in [-0.3, -0.25) is 4.79 Å². The summed E-state index contributed by atoms with van der Waals surface area (Å²) in [6.07, 6.45) is 0. The van der Waals surface area contributed by atoms with Crippen molar-refractivity contribution in [3.8, 4) is 0 Å². The number of halogens is 1. The molecule has 0 heterocycles. The predicted octanol–water partition coefficient (Wildman–Crippen LogP) is 1.27. The Bertz CT molecular complexity index is 151. The number of Topliss-reactive ketones (excluding diaryl/α,β-unsaturated/α-hetero) is 1. The fourth-order valence-corrected chi connectivity index (χ4v) is 0.468. The maximum Gasteiger partial charge on any atom is 0.172 e. The van der Waals surface area contributed by atoms with Gasteiger partial charge >= 0.3 is 0 Å². The van der Waals surface area contributed by atoms with Crippen LogP contribution in [0, 0.1) is 0 Å². The Hall–Kier alpha value is -0.500. The Morgan fingerprint density at radius 2 is 1.89 bits per heavy atom. The lowest BCUT2D eigenvalue weighted by Gasteiger charge is -1.99. The molecule has 0 fully saturated rings. The van der Waals surface area contributed by atoms with Gasteiger partial charge in [0.05, 0.1) is 0 Å². The van der Waals surface area contributed by atoms with Crippen molar-refractivity contribution >= 4 is 17.4 Å². The van der Waals surface area contributed by atoms with Gasteiger partial charge in [-0.15, -0.1) is 0 Å². The number of carbonyl (C=O) groups is 1. The average molecular weight is 148 g/mol. The zero-order valence-electron chi connectivity index (χ0n) is 5.79. The maximum absolute atomic E-state index is 10.5. The molecule has 52 valence electrons. The molecule has 0 spiro atoms. The highest BCUT2D eigenvalue weighted by molar-refractivity contribution is 6.42. The van der Waals surface area contributed by atoms with E-state index in [0.29, 0.717) is 5.70 Å². The molecule has 9 heavy (non-hydrogen) atoms. The third kappa shape index (κ3) is 2.51. The highest BCUT2D eigenvalue weighted by Gasteiger charge is 2.01. The molecular weight excluding hydrogens is 138 g/mol. The molecule has 0 bridgehead atoms. The van der Waals surface area contributed by atoms with Gasteiger partial charge in [0.15, 0.2) is 5.78 Å². The monoisotopic (exact) mass is 147 g/mol. The van der Waals surface area contributed by atoms with E-state index in [4.69, 9.17) is 11.6 Å². The van der Waals surface area contributed by atoms with Crippen LogP contribution in [0.1, 0.15) is 13.8 Å². The molecule has 0 rings (SSSR count). The van der Waals surface area contributed by atoms with Crippen LogP contribution in [0.15, 0.2) is 10.7 Å². The summed E-state index contributed by atoms with van der Waals surface area (Å²) in [5, 5.41) is 3.05. The van der Waals surface area contributed by atoms with Crippen LogP contribution < -0.4 is 5.32 Å². The predicted molar refractivity (Wildman–Crippen MR) is 38.3 cm³/mol. The third-order valence-electron chi connectivity index (χ3n) is 1.01. The molecule has 0 aliphatic heterocycles. The molecular formula is C6H10ClNO. The van der Waals surface area contributed by atoms with Crippen molar-refractivity contribution in [1.29, 1.82) is 0 Å². The summed E-state index contributed by atoms with van der Waals surface area (Å²) in [6, 6.07) is 0. The van der Waals surface area contributed by atoms with Gasteiger partial charge in [-0.2, -0.15) is 0 Å². The van der Waals surface area contributed by atoms with Crippen LogP contribution >= 0.6 is 11.6 Å². The van der Waals surface area contributed by atoms with Crippen LogP contribution in [-0.2, 0) is 4.79 Å². The molecule has 0 aliphatic carbocycles. The number of rotatable bonds is 2. The van der Waals surface area contributed by atoms with Crippen molar-refractivity contribution in [2.75, 3.05) is 7.05 Å². The van der Waals surface area contributed by atoms with E-state index in [2.05, 4.69) is 5.32 Å². The van der Waals surface area contributed by atoms with Crippen LogP contribution in [0.3, 0.4) is 0 Å². The highest BCUT2D eigenvalue weighted by Crippen LogP contribution is 2.06. The van der Waals surface area contributed by atoms with Gasteiger partial charge in [-0.05, 0) is 6.92 Å². The zero-order chi connectivity index (χ0) is 7.44. The van der Waals surface area contributed by atoms with Crippen molar-refractivity contribution in [2.24, 2.45) is 0 Å². The number of allylic oxidation sites excluding steroid dienone is 2. The van der Waals surface area contributed by atoms with Gasteiger partial charge in [0.25, 0.3) is 0 Å². The molecule has 2 nitrogen and oxygen atoms in total. The molecule has 0 saturated heterocycles. The number of carbonyl (C=O) groups excluding carboxylic acids is 1.